The predicted molar refractivity (Wildman–Crippen MR) is 80.2 cm³/mol. The molecule has 0 aliphatic rings. The van der Waals surface area contributed by atoms with Crippen molar-refractivity contribution in [3.8, 4) is 0 Å². The monoisotopic (exact) mass is 298 g/mol. The van der Waals surface area contributed by atoms with Crippen molar-refractivity contribution in [3.05, 3.63) is 23.7 Å². The van der Waals surface area contributed by atoms with Crippen LogP contribution in [0.2, 0.25) is 0 Å². The van der Waals surface area contributed by atoms with Crippen LogP contribution in [-0.4, -0.2) is 55.4 Å². The molecule has 21 heavy (non-hydrogen) atoms. The van der Waals surface area contributed by atoms with Crippen molar-refractivity contribution in [2.24, 2.45) is 0 Å². The van der Waals surface area contributed by atoms with Gasteiger partial charge in [0.1, 0.15) is 5.76 Å². The Morgan fingerprint density at radius 1 is 1.43 bits per heavy atom. The van der Waals surface area contributed by atoms with E-state index in [4.69, 9.17) is 9.15 Å². The van der Waals surface area contributed by atoms with Gasteiger partial charge in [0.05, 0.1) is 19.3 Å². The van der Waals surface area contributed by atoms with Crippen molar-refractivity contribution in [3.63, 3.8) is 0 Å². The Kier molecular flexibility index (Phi) is 8.04. The van der Waals surface area contributed by atoms with Crippen LogP contribution in [0, 0.1) is 0 Å². The Bertz CT molecular complexity index is 416. The highest BCUT2D eigenvalue weighted by molar-refractivity contribution is 5.91. The fourth-order valence-electron chi connectivity index (χ4n) is 1.97. The summed E-state index contributed by atoms with van der Waals surface area (Å²) in [6.45, 7) is 7.41. The third kappa shape index (κ3) is 6.29. The Hall–Kier alpha value is -1.37. The lowest BCUT2D eigenvalue weighted by Gasteiger charge is -2.15. The summed E-state index contributed by atoms with van der Waals surface area (Å²) in [5.41, 5.74) is 0. The summed E-state index contributed by atoms with van der Waals surface area (Å²) in [7, 11) is 1.53. The van der Waals surface area contributed by atoms with E-state index in [1.807, 2.05) is 6.07 Å². The van der Waals surface area contributed by atoms with Gasteiger partial charge in [-0.3, -0.25) is 9.69 Å². The van der Waals surface area contributed by atoms with E-state index in [0.29, 0.717) is 25.3 Å². The van der Waals surface area contributed by atoms with Crippen LogP contribution in [0.3, 0.4) is 0 Å². The molecule has 2 N–H and O–H groups in total. The van der Waals surface area contributed by atoms with E-state index >= 15 is 0 Å². The molecule has 0 aromatic carbocycles. The highest BCUT2D eigenvalue weighted by Crippen LogP contribution is 2.10. The van der Waals surface area contributed by atoms with Gasteiger partial charge in [-0.15, -0.1) is 0 Å². The molecule has 0 aliphatic carbocycles. The Labute approximate surface area is 126 Å². The minimum atomic E-state index is -0.565. The molecular formula is C15H26N2O4. The van der Waals surface area contributed by atoms with Crippen molar-refractivity contribution in [1.82, 2.24) is 10.2 Å². The van der Waals surface area contributed by atoms with Gasteiger partial charge in [-0.2, -0.15) is 0 Å². The molecule has 0 radical (unpaired) electrons. The number of rotatable bonds is 10. The molecule has 1 amide bonds. The maximum Gasteiger partial charge on any atom is 0.286 e. The maximum atomic E-state index is 11.9. The quantitative estimate of drug-likeness (QED) is 0.680. The average Bonchev–Trinajstić information content (AvgIpc) is 2.93. The van der Waals surface area contributed by atoms with Gasteiger partial charge < -0.3 is 19.6 Å². The van der Waals surface area contributed by atoms with Gasteiger partial charge >= 0.3 is 0 Å². The first-order valence-electron chi connectivity index (χ1n) is 7.36. The second kappa shape index (κ2) is 9.55. The zero-order valence-electron chi connectivity index (χ0n) is 13.1. The molecular weight excluding hydrogens is 272 g/mol. The summed E-state index contributed by atoms with van der Waals surface area (Å²) < 4.78 is 10.4. The number of aliphatic hydroxyl groups is 1. The van der Waals surface area contributed by atoms with Crippen molar-refractivity contribution < 1.29 is 19.1 Å². The molecule has 120 valence electrons. The molecule has 1 atom stereocenters. The number of ether oxygens (including phenoxy) is 1. The number of hydrogen-bond acceptors (Lipinski definition) is 5. The van der Waals surface area contributed by atoms with Crippen LogP contribution in [0.25, 0.3) is 0 Å². The Morgan fingerprint density at radius 3 is 2.76 bits per heavy atom. The lowest BCUT2D eigenvalue weighted by molar-refractivity contribution is 0.0585. The minimum Gasteiger partial charge on any atom is -0.455 e. The number of aliphatic hydroxyl groups excluding tert-OH is 1. The first-order chi connectivity index (χ1) is 10.1. The molecule has 6 nitrogen and oxygen atoms in total. The Morgan fingerprint density at radius 2 is 2.14 bits per heavy atom. The molecule has 0 saturated carbocycles. The van der Waals surface area contributed by atoms with Gasteiger partial charge in [-0.1, -0.05) is 13.8 Å². The predicted octanol–water partition coefficient (Wildman–Crippen LogP) is 1.25. The van der Waals surface area contributed by atoms with Gasteiger partial charge in [0, 0.05) is 13.7 Å². The molecule has 1 unspecified atom stereocenters. The molecule has 1 heterocycles. The number of amides is 1. The first-order valence-corrected chi connectivity index (χ1v) is 7.36. The lowest BCUT2D eigenvalue weighted by Crippen LogP contribution is -2.28. The second-order valence-corrected chi connectivity index (χ2v) is 4.88. The smallest absolute Gasteiger partial charge is 0.286 e. The number of carbonyl (C=O) groups excluding carboxylic acids is 1. The van der Waals surface area contributed by atoms with Gasteiger partial charge in [-0.25, -0.2) is 0 Å². The molecule has 0 bridgehead atoms. The number of nitrogens with zero attached hydrogens (tertiary/aromatic N) is 1. The van der Waals surface area contributed by atoms with Crippen LogP contribution in [0.1, 0.15) is 36.6 Å². The van der Waals surface area contributed by atoms with Crippen LogP contribution in [0.5, 0.6) is 0 Å². The van der Waals surface area contributed by atoms with E-state index < -0.39 is 6.10 Å². The van der Waals surface area contributed by atoms with Crippen LogP contribution in [0.4, 0.5) is 0 Å². The van der Waals surface area contributed by atoms with E-state index in [2.05, 4.69) is 24.1 Å². The number of methoxy groups -OCH3 is 1. The second-order valence-electron chi connectivity index (χ2n) is 4.88. The molecule has 6 heteroatoms. The third-order valence-corrected chi connectivity index (χ3v) is 3.28. The maximum absolute atomic E-state index is 11.9. The van der Waals surface area contributed by atoms with E-state index in [0.717, 1.165) is 18.8 Å². The number of carbonyl (C=O) groups is 1. The van der Waals surface area contributed by atoms with E-state index in [1.54, 1.807) is 6.07 Å². The largest absolute Gasteiger partial charge is 0.455 e. The normalized spacial score (nSPS) is 12.6. The minimum absolute atomic E-state index is 0.259. The molecule has 1 aromatic rings. The van der Waals surface area contributed by atoms with E-state index in [1.165, 1.54) is 7.11 Å². The standard InChI is InChI=1S/C15H26N2O4/c1-4-17(5-2)10-13-6-7-14(21-13)15(19)16-9-8-12(18)11-20-3/h6-7,12,18H,4-5,8-11H2,1-3H3,(H,16,19). The summed E-state index contributed by atoms with van der Waals surface area (Å²) in [5.74, 6) is 0.826. The van der Waals surface area contributed by atoms with Crippen LogP contribution < -0.4 is 5.32 Å². The molecule has 1 rings (SSSR count). The summed E-state index contributed by atoms with van der Waals surface area (Å²) >= 11 is 0. The fraction of sp³-hybridized carbons (Fsp3) is 0.667. The van der Waals surface area contributed by atoms with E-state index in [-0.39, 0.29) is 12.5 Å². The summed E-state index contributed by atoms with van der Waals surface area (Å²) in [6, 6.07) is 3.51. The zero-order valence-corrected chi connectivity index (χ0v) is 13.1. The topological polar surface area (TPSA) is 74.9 Å². The van der Waals surface area contributed by atoms with Crippen molar-refractivity contribution in [1.29, 1.82) is 0 Å². The average molecular weight is 298 g/mol. The van der Waals surface area contributed by atoms with Crippen LogP contribution in [-0.2, 0) is 11.3 Å². The van der Waals surface area contributed by atoms with E-state index in [9.17, 15) is 9.90 Å². The summed E-state index contributed by atoms with van der Waals surface area (Å²) in [5, 5.41) is 12.2. The SMILES string of the molecule is CCN(CC)Cc1ccc(C(=O)NCCC(O)COC)o1. The highest BCUT2D eigenvalue weighted by Gasteiger charge is 2.13. The van der Waals surface area contributed by atoms with Crippen molar-refractivity contribution in [2.75, 3.05) is 33.4 Å². The van der Waals surface area contributed by atoms with Gasteiger partial charge in [0.2, 0.25) is 0 Å². The zero-order chi connectivity index (χ0) is 15.7. The number of hydrogen-bond donors (Lipinski definition) is 2. The highest BCUT2D eigenvalue weighted by atomic mass is 16.5. The number of furan rings is 1. The molecule has 0 aliphatic heterocycles. The van der Waals surface area contributed by atoms with Crippen molar-refractivity contribution in [2.45, 2.75) is 32.9 Å². The third-order valence-electron chi connectivity index (χ3n) is 3.28. The van der Waals surface area contributed by atoms with Crippen molar-refractivity contribution >= 4 is 5.91 Å². The first kappa shape index (κ1) is 17.7. The molecule has 0 spiro atoms. The lowest BCUT2D eigenvalue weighted by atomic mass is 10.2. The number of nitrogens with one attached hydrogen (secondary N) is 1. The summed E-state index contributed by atoms with van der Waals surface area (Å²) in [4.78, 5) is 14.1. The summed E-state index contributed by atoms with van der Waals surface area (Å²) in [6.07, 6.45) is -0.114. The molecule has 0 fully saturated rings. The Balaban J connectivity index is 2.39. The van der Waals surface area contributed by atoms with Crippen LogP contribution >= 0.6 is 0 Å². The van der Waals surface area contributed by atoms with Crippen LogP contribution in [0.15, 0.2) is 16.5 Å². The van der Waals surface area contributed by atoms with Gasteiger partial charge in [0.15, 0.2) is 5.76 Å². The molecule has 0 saturated heterocycles. The fourth-order valence-corrected chi connectivity index (χ4v) is 1.97. The molecule has 1 aromatic heterocycles. The van der Waals surface area contributed by atoms with Gasteiger partial charge in [-0.05, 0) is 31.6 Å². The van der Waals surface area contributed by atoms with Gasteiger partial charge in [0.25, 0.3) is 5.91 Å².